The molecule has 4 aromatic rings. The Labute approximate surface area is 267 Å². The third-order valence-electron chi connectivity index (χ3n) is 6.82. The number of carbonyl (C=O) groups excluding carboxylic acids is 3. The SMILES string of the molecule is COc1cc(OC)c(OC)cc1/C=C(/NC(=O)c1ccccc1)C(=O)Nc1cccc(SCC(=O)Nc2ccc(C)c(C)c2)c1. The van der Waals surface area contributed by atoms with Crippen molar-refractivity contribution in [1.29, 1.82) is 0 Å². The van der Waals surface area contributed by atoms with E-state index in [1.165, 1.54) is 39.2 Å². The van der Waals surface area contributed by atoms with Crippen molar-refractivity contribution in [2.45, 2.75) is 18.7 Å². The molecule has 4 rings (SSSR count). The van der Waals surface area contributed by atoms with Gasteiger partial charge in [0, 0.05) is 33.5 Å². The van der Waals surface area contributed by atoms with Gasteiger partial charge in [-0.1, -0.05) is 30.3 Å². The molecule has 9 nitrogen and oxygen atoms in total. The van der Waals surface area contributed by atoms with Crippen LogP contribution in [0.2, 0.25) is 0 Å². The summed E-state index contributed by atoms with van der Waals surface area (Å²) < 4.78 is 16.3. The summed E-state index contributed by atoms with van der Waals surface area (Å²) >= 11 is 1.34. The number of rotatable bonds is 12. The summed E-state index contributed by atoms with van der Waals surface area (Å²) in [6, 6.07) is 24.8. The number of hydrogen-bond donors (Lipinski definition) is 3. The molecule has 0 bridgehead atoms. The highest BCUT2D eigenvalue weighted by Crippen LogP contribution is 2.35. The first-order valence-corrected chi connectivity index (χ1v) is 15.0. The Kier molecular flexibility index (Phi) is 11.3. The molecule has 0 saturated carbocycles. The Bertz CT molecular complexity index is 1720. The van der Waals surface area contributed by atoms with Gasteiger partial charge in [-0.3, -0.25) is 14.4 Å². The Hall–Kier alpha value is -5.22. The van der Waals surface area contributed by atoms with E-state index in [1.54, 1.807) is 60.7 Å². The molecule has 0 radical (unpaired) electrons. The van der Waals surface area contributed by atoms with Gasteiger partial charge in [-0.15, -0.1) is 11.8 Å². The van der Waals surface area contributed by atoms with Crippen molar-refractivity contribution in [3.05, 3.63) is 113 Å². The maximum Gasteiger partial charge on any atom is 0.272 e. The summed E-state index contributed by atoms with van der Waals surface area (Å²) in [6.45, 7) is 4.02. The quantitative estimate of drug-likeness (QED) is 0.122. The van der Waals surface area contributed by atoms with Crippen LogP contribution in [0.15, 0.2) is 95.5 Å². The van der Waals surface area contributed by atoms with E-state index in [4.69, 9.17) is 14.2 Å². The molecule has 0 fully saturated rings. The van der Waals surface area contributed by atoms with Crippen molar-refractivity contribution in [2.24, 2.45) is 0 Å². The Balaban J connectivity index is 1.54. The molecule has 0 aromatic heterocycles. The van der Waals surface area contributed by atoms with Gasteiger partial charge in [0.05, 0.1) is 27.1 Å². The average Bonchev–Trinajstić information content (AvgIpc) is 3.05. The molecule has 3 amide bonds. The number of ether oxygens (including phenoxy) is 3. The van der Waals surface area contributed by atoms with E-state index in [1.807, 2.05) is 38.1 Å². The van der Waals surface area contributed by atoms with Crippen LogP contribution >= 0.6 is 11.8 Å². The summed E-state index contributed by atoms with van der Waals surface area (Å²) in [7, 11) is 4.50. The van der Waals surface area contributed by atoms with E-state index >= 15 is 0 Å². The highest BCUT2D eigenvalue weighted by molar-refractivity contribution is 8.00. The van der Waals surface area contributed by atoms with Gasteiger partial charge in [0.2, 0.25) is 5.91 Å². The standard InChI is InChI=1S/C35H35N3O6S/c1-22-14-15-27(16-23(22)2)36-33(39)21-45-28-13-9-12-26(19-28)37-35(41)29(38-34(40)24-10-7-6-8-11-24)17-25-18-31(43-4)32(44-5)20-30(25)42-3/h6-20H,21H2,1-5H3,(H,36,39)(H,37,41)(H,38,40)/b29-17+. The lowest BCUT2D eigenvalue weighted by atomic mass is 10.1. The van der Waals surface area contributed by atoms with Crippen molar-refractivity contribution in [3.63, 3.8) is 0 Å². The maximum absolute atomic E-state index is 13.6. The first kappa shape index (κ1) is 32.7. The maximum atomic E-state index is 13.6. The van der Waals surface area contributed by atoms with Gasteiger partial charge in [-0.05, 0) is 79.6 Å². The van der Waals surface area contributed by atoms with E-state index in [9.17, 15) is 14.4 Å². The fraction of sp³-hybridized carbons (Fsp3) is 0.171. The fourth-order valence-electron chi connectivity index (χ4n) is 4.29. The third-order valence-corrected chi connectivity index (χ3v) is 7.81. The van der Waals surface area contributed by atoms with E-state index in [-0.39, 0.29) is 17.4 Å². The lowest BCUT2D eigenvalue weighted by Gasteiger charge is -2.15. The molecule has 232 valence electrons. The van der Waals surface area contributed by atoms with Crippen LogP contribution in [0.3, 0.4) is 0 Å². The molecule has 0 aliphatic rings. The summed E-state index contributed by atoms with van der Waals surface area (Å²) in [5, 5.41) is 8.50. The lowest BCUT2D eigenvalue weighted by molar-refractivity contribution is -0.114. The minimum atomic E-state index is -0.564. The summed E-state index contributed by atoms with van der Waals surface area (Å²) in [4.78, 5) is 40.1. The molecular weight excluding hydrogens is 590 g/mol. The van der Waals surface area contributed by atoms with Crippen LogP contribution in [-0.2, 0) is 9.59 Å². The molecule has 0 unspecified atom stereocenters. The largest absolute Gasteiger partial charge is 0.496 e. The molecule has 0 spiro atoms. The highest BCUT2D eigenvalue weighted by atomic mass is 32.2. The Morgan fingerprint density at radius 3 is 2.09 bits per heavy atom. The van der Waals surface area contributed by atoms with Crippen LogP contribution in [0, 0.1) is 13.8 Å². The smallest absolute Gasteiger partial charge is 0.272 e. The van der Waals surface area contributed by atoms with Gasteiger partial charge >= 0.3 is 0 Å². The zero-order valence-corrected chi connectivity index (χ0v) is 26.5. The van der Waals surface area contributed by atoms with Gasteiger partial charge in [-0.2, -0.15) is 0 Å². The zero-order chi connectivity index (χ0) is 32.3. The number of benzene rings is 4. The van der Waals surface area contributed by atoms with Gasteiger partial charge in [-0.25, -0.2) is 0 Å². The minimum absolute atomic E-state index is 0.0276. The normalized spacial score (nSPS) is 10.9. The van der Waals surface area contributed by atoms with Crippen molar-refractivity contribution < 1.29 is 28.6 Å². The van der Waals surface area contributed by atoms with Crippen LogP contribution in [0.1, 0.15) is 27.0 Å². The summed E-state index contributed by atoms with van der Waals surface area (Å²) in [5.41, 5.74) is 4.32. The Morgan fingerprint density at radius 2 is 1.40 bits per heavy atom. The molecular formula is C35H35N3O6S. The van der Waals surface area contributed by atoms with Crippen LogP contribution in [-0.4, -0.2) is 44.8 Å². The number of amides is 3. The first-order valence-electron chi connectivity index (χ1n) is 14.0. The molecule has 3 N–H and O–H groups in total. The van der Waals surface area contributed by atoms with E-state index in [2.05, 4.69) is 16.0 Å². The number of anilines is 2. The van der Waals surface area contributed by atoms with Gasteiger partial charge in [0.25, 0.3) is 11.8 Å². The zero-order valence-electron chi connectivity index (χ0n) is 25.7. The van der Waals surface area contributed by atoms with E-state index in [0.717, 1.165) is 21.7 Å². The van der Waals surface area contributed by atoms with Gasteiger partial charge in [0.15, 0.2) is 11.5 Å². The number of hydrogen-bond acceptors (Lipinski definition) is 7. The number of thioether (sulfide) groups is 1. The highest BCUT2D eigenvalue weighted by Gasteiger charge is 2.18. The number of carbonyl (C=O) groups is 3. The van der Waals surface area contributed by atoms with Crippen molar-refractivity contribution in [3.8, 4) is 17.2 Å². The molecule has 45 heavy (non-hydrogen) atoms. The van der Waals surface area contributed by atoms with E-state index in [0.29, 0.717) is 34.1 Å². The van der Waals surface area contributed by atoms with Gasteiger partial charge in [0.1, 0.15) is 11.4 Å². The predicted octanol–water partition coefficient (Wildman–Crippen LogP) is 6.47. The lowest BCUT2D eigenvalue weighted by Crippen LogP contribution is -2.30. The number of nitrogens with one attached hydrogen (secondary N) is 3. The van der Waals surface area contributed by atoms with Crippen LogP contribution in [0.5, 0.6) is 17.2 Å². The third kappa shape index (κ3) is 8.90. The molecule has 0 aliphatic heterocycles. The monoisotopic (exact) mass is 625 g/mol. The molecule has 4 aromatic carbocycles. The van der Waals surface area contributed by atoms with E-state index < -0.39 is 11.8 Å². The number of methoxy groups -OCH3 is 3. The van der Waals surface area contributed by atoms with Crippen LogP contribution < -0.4 is 30.2 Å². The average molecular weight is 626 g/mol. The first-order chi connectivity index (χ1) is 21.7. The van der Waals surface area contributed by atoms with Crippen molar-refractivity contribution >= 4 is 46.9 Å². The second-order valence-electron chi connectivity index (χ2n) is 9.95. The summed E-state index contributed by atoms with van der Waals surface area (Å²) in [5.74, 6) is 0.288. The van der Waals surface area contributed by atoms with Crippen LogP contribution in [0.25, 0.3) is 6.08 Å². The van der Waals surface area contributed by atoms with Gasteiger partial charge < -0.3 is 30.2 Å². The predicted molar refractivity (Wildman–Crippen MR) is 178 cm³/mol. The van der Waals surface area contributed by atoms with Crippen LogP contribution in [0.4, 0.5) is 11.4 Å². The fourth-order valence-corrected chi connectivity index (χ4v) is 5.05. The van der Waals surface area contributed by atoms with Crippen molar-refractivity contribution in [2.75, 3.05) is 37.7 Å². The topological polar surface area (TPSA) is 115 Å². The summed E-state index contributed by atoms with van der Waals surface area (Å²) in [6.07, 6.45) is 1.51. The molecule has 0 aliphatic carbocycles. The molecule has 0 atom stereocenters. The second kappa shape index (κ2) is 15.5. The number of aryl methyl sites for hydroxylation is 2. The minimum Gasteiger partial charge on any atom is -0.496 e. The molecule has 0 saturated heterocycles. The van der Waals surface area contributed by atoms with Crippen molar-refractivity contribution in [1.82, 2.24) is 5.32 Å². The molecule has 10 heteroatoms. The Morgan fingerprint density at radius 1 is 0.711 bits per heavy atom. The second-order valence-corrected chi connectivity index (χ2v) is 11.0. The molecule has 0 heterocycles.